The van der Waals surface area contributed by atoms with E-state index in [1.165, 1.54) is 0 Å². The number of ether oxygens (including phenoxy) is 1. The number of hydrogen-bond donors (Lipinski definition) is 0. The van der Waals surface area contributed by atoms with Gasteiger partial charge in [0.2, 0.25) is 0 Å². The van der Waals surface area contributed by atoms with Gasteiger partial charge in [-0.1, -0.05) is 0 Å². The number of hydrogen-bond acceptors (Lipinski definition) is 2. The largest absolute Gasteiger partial charge is 0.356 e. The summed E-state index contributed by atoms with van der Waals surface area (Å²) in [5.41, 5.74) is -1.97. The van der Waals surface area contributed by atoms with E-state index in [2.05, 4.69) is 0 Å². The predicted molar refractivity (Wildman–Crippen MR) is 44.1 cm³/mol. The molecule has 1 atom stereocenters. The van der Waals surface area contributed by atoms with Crippen LogP contribution in [0.3, 0.4) is 0 Å². The molecule has 1 aliphatic heterocycles. The van der Waals surface area contributed by atoms with Gasteiger partial charge in [0.05, 0.1) is 0 Å². The van der Waals surface area contributed by atoms with Gasteiger partial charge in [-0.25, -0.2) is 8.78 Å². The zero-order valence-electron chi connectivity index (χ0n) is 7.76. The second-order valence-electron chi connectivity index (χ2n) is 4.70. The Morgan fingerprint density at radius 2 is 2.07 bits per heavy atom. The summed E-state index contributed by atoms with van der Waals surface area (Å²) in [4.78, 5) is 11.5. The van der Waals surface area contributed by atoms with Crippen molar-refractivity contribution in [1.82, 2.24) is 0 Å². The summed E-state index contributed by atoms with van der Waals surface area (Å²) in [7, 11) is 0. The molecule has 1 heterocycles. The normalized spacial score (nSPS) is 37.6. The number of rotatable bonds is 4. The molecule has 0 radical (unpaired) electrons. The lowest BCUT2D eigenvalue weighted by Crippen LogP contribution is -2.30. The molecule has 0 aromatic carbocycles. The van der Waals surface area contributed by atoms with Crippen molar-refractivity contribution in [1.29, 1.82) is 0 Å². The number of ketones is 1. The molecule has 1 saturated heterocycles. The van der Waals surface area contributed by atoms with E-state index in [0.29, 0.717) is 12.8 Å². The molecule has 14 heavy (non-hydrogen) atoms. The average Bonchev–Trinajstić information content (AvgIpc) is 2.97. The smallest absolute Gasteiger partial charge is 0.270 e. The Hall–Kier alpha value is -0.510. The van der Waals surface area contributed by atoms with Gasteiger partial charge >= 0.3 is 0 Å². The van der Waals surface area contributed by atoms with Crippen LogP contribution in [-0.2, 0) is 9.53 Å². The van der Waals surface area contributed by atoms with Crippen molar-refractivity contribution in [2.75, 3.05) is 0 Å². The van der Waals surface area contributed by atoms with E-state index in [1.54, 1.807) is 0 Å². The molecule has 0 aromatic rings. The number of halogens is 2. The highest BCUT2D eigenvalue weighted by Crippen LogP contribution is 2.68. The highest BCUT2D eigenvalue weighted by Gasteiger charge is 2.81. The molecule has 0 unspecified atom stereocenters. The van der Waals surface area contributed by atoms with Crippen molar-refractivity contribution in [2.45, 2.75) is 49.7 Å². The van der Waals surface area contributed by atoms with Gasteiger partial charge in [-0.15, -0.1) is 0 Å². The van der Waals surface area contributed by atoms with Crippen LogP contribution in [-0.4, -0.2) is 23.4 Å². The van der Waals surface area contributed by atoms with Crippen LogP contribution in [0, 0.1) is 5.92 Å². The average molecular weight is 202 g/mol. The third kappa shape index (κ3) is 1.00. The Kier molecular flexibility index (Phi) is 1.47. The fourth-order valence-electron chi connectivity index (χ4n) is 2.29. The van der Waals surface area contributed by atoms with Crippen molar-refractivity contribution < 1.29 is 18.3 Å². The van der Waals surface area contributed by atoms with E-state index >= 15 is 0 Å². The molecule has 3 fully saturated rings. The van der Waals surface area contributed by atoms with Gasteiger partial charge in [0, 0.05) is 12.3 Å². The number of carbonyl (C=O) groups is 1. The second-order valence-corrected chi connectivity index (χ2v) is 4.70. The maximum absolute atomic E-state index is 12.8. The molecule has 1 spiro atoms. The van der Waals surface area contributed by atoms with Crippen LogP contribution < -0.4 is 0 Å². The van der Waals surface area contributed by atoms with Crippen LogP contribution in [0.1, 0.15) is 32.1 Å². The minimum absolute atomic E-state index is 0.0194. The minimum Gasteiger partial charge on any atom is -0.356 e. The molecule has 4 heteroatoms. The van der Waals surface area contributed by atoms with Crippen LogP contribution in [0.4, 0.5) is 8.78 Å². The lowest BCUT2D eigenvalue weighted by Gasteiger charge is -2.10. The molecular weight excluding hydrogens is 190 g/mol. The monoisotopic (exact) mass is 202 g/mol. The fourth-order valence-corrected chi connectivity index (χ4v) is 2.29. The zero-order chi connectivity index (χ0) is 9.97. The molecule has 3 aliphatic rings. The SMILES string of the molecule is O=C(C[C@@]1(C(F)F)OC12CC2)C1CC1. The summed E-state index contributed by atoms with van der Waals surface area (Å²) in [5, 5.41) is 0. The maximum atomic E-state index is 12.8. The van der Waals surface area contributed by atoms with E-state index in [-0.39, 0.29) is 18.1 Å². The second kappa shape index (κ2) is 2.35. The molecule has 0 bridgehead atoms. The zero-order valence-corrected chi connectivity index (χ0v) is 7.76. The van der Waals surface area contributed by atoms with Gasteiger partial charge in [0.25, 0.3) is 6.43 Å². The van der Waals surface area contributed by atoms with Crippen molar-refractivity contribution in [2.24, 2.45) is 5.92 Å². The third-order valence-corrected chi connectivity index (χ3v) is 3.63. The van der Waals surface area contributed by atoms with Gasteiger partial charge in [-0.3, -0.25) is 4.79 Å². The van der Waals surface area contributed by atoms with Crippen LogP contribution >= 0.6 is 0 Å². The quantitative estimate of drug-likeness (QED) is 0.652. The first-order valence-corrected chi connectivity index (χ1v) is 5.11. The Morgan fingerprint density at radius 1 is 1.43 bits per heavy atom. The summed E-state index contributed by atoms with van der Waals surface area (Å²) < 4.78 is 30.7. The van der Waals surface area contributed by atoms with E-state index in [0.717, 1.165) is 12.8 Å². The van der Waals surface area contributed by atoms with Crippen LogP contribution in [0.15, 0.2) is 0 Å². The number of carbonyl (C=O) groups excluding carboxylic acids is 1. The summed E-state index contributed by atoms with van der Waals surface area (Å²) in [5.74, 6) is 0.0414. The van der Waals surface area contributed by atoms with Crippen molar-refractivity contribution in [3.05, 3.63) is 0 Å². The number of alkyl halides is 2. The first kappa shape index (κ1) is 8.77. The standard InChI is InChI=1S/C10H12F2O2/c11-8(12)10(9(14-10)3-4-9)5-7(13)6-1-2-6/h6,8H,1-5H2/t10-/m0/s1. The predicted octanol–water partition coefficient (Wildman–Crippen LogP) is 1.92. The maximum Gasteiger partial charge on any atom is 0.270 e. The van der Waals surface area contributed by atoms with Gasteiger partial charge in [-0.05, 0) is 25.7 Å². The highest BCUT2D eigenvalue weighted by molar-refractivity contribution is 5.85. The van der Waals surface area contributed by atoms with Crippen molar-refractivity contribution in [3.8, 4) is 0 Å². The lowest BCUT2D eigenvalue weighted by molar-refractivity contribution is -0.123. The summed E-state index contributed by atoms with van der Waals surface area (Å²) in [6.45, 7) is 0. The number of epoxide rings is 1. The molecule has 3 rings (SSSR count). The molecule has 2 aliphatic carbocycles. The summed E-state index contributed by atoms with van der Waals surface area (Å²) in [6.07, 6.45) is 0.601. The van der Waals surface area contributed by atoms with Gasteiger partial charge in [0.1, 0.15) is 11.4 Å². The molecule has 78 valence electrons. The summed E-state index contributed by atoms with van der Waals surface area (Å²) >= 11 is 0. The van der Waals surface area contributed by atoms with Crippen LogP contribution in [0.2, 0.25) is 0 Å². The molecule has 0 aromatic heterocycles. The molecule has 0 N–H and O–H groups in total. The third-order valence-electron chi connectivity index (χ3n) is 3.63. The Balaban J connectivity index is 1.71. The first-order chi connectivity index (χ1) is 6.60. The molecule has 2 saturated carbocycles. The Morgan fingerprint density at radius 3 is 2.43 bits per heavy atom. The van der Waals surface area contributed by atoms with E-state index in [1.807, 2.05) is 0 Å². The first-order valence-electron chi connectivity index (χ1n) is 5.11. The minimum atomic E-state index is -2.51. The molecule has 2 nitrogen and oxygen atoms in total. The van der Waals surface area contributed by atoms with Gasteiger partial charge < -0.3 is 4.74 Å². The van der Waals surface area contributed by atoms with Crippen LogP contribution in [0.5, 0.6) is 0 Å². The van der Waals surface area contributed by atoms with Crippen molar-refractivity contribution >= 4 is 5.78 Å². The lowest BCUT2D eigenvalue weighted by atomic mass is 9.95. The van der Waals surface area contributed by atoms with Crippen molar-refractivity contribution in [3.63, 3.8) is 0 Å². The fraction of sp³-hybridized carbons (Fsp3) is 0.900. The molecular formula is C10H12F2O2. The molecule has 0 amide bonds. The highest BCUT2D eigenvalue weighted by atomic mass is 19.3. The Bertz CT molecular complexity index is 294. The summed E-state index contributed by atoms with van der Waals surface area (Å²) in [6, 6.07) is 0. The van der Waals surface area contributed by atoms with E-state index in [9.17, 15) is 13.6 Å². The van der Waals surface area contributed by atoms with Crippen LogP contribution in [0.25, 0.3) is 0 Å². The van der Waals surface area contributed by atoms with Gasteiger partial charge in [0.15, 0.2) is 5.60 Å². The number of Topliss-reactive ketones (excluding diaryl/α,β-unsaturated/α-hetero) is 1. The Labute approximate surface area is 80.6 Å². The topological polar surface area (TPSA) is 29.6 Å². The van der Waals surface area contributed by atoms with E-state index < -0.39 is 17.6 Å². The van der Waals surface area contributed by atoms with Gasteiger partial charge in [-0.2, -0.15) is 0 Å². The van der Waals surface area contributed by atoms with E-state index in [4.69, 9.17) is 4.74 Å².